The summed E-state index contributed by atoms with van der Waals surface area (Å²) in [6.07, 6.45) is 3.22. The predicted octanol–water partition coefficient (Wildman–Crippen LogP) is 2.69. The summed E-state index contributed by atoms with van der Waals surface area (Å²) >= 11 is 6.56. The maximum absolute atomic E-state index is 9.54. The first kappa shape index (κ1) is 13.4. The topological polar surface area (TPSA) is 28.4 Å². The highest BCUT2D eigenvalue weighted by atomic mass is 35.5. The van der Waals surface area contributed by atoms with E-state index in [0.717, 1.165) is 18.1 Å². The van der Waals surface area contributed by atoms with Gasteiger partial charge in [-0.3, -0.25) is 4.90 Å². The van der Waals surface area contributed by atoms with Gasteiger partial charge in [0.1, 0.15) is 5.15 Å². The standard InChI is InChI=1S/C17H19ClN2O/c1-19-8-10(9-21)6-12-11-4-3-5-14-16(11)13(7-15(12)19)17(18)20(14)2/h3-6,10,15,21H,7-9H2,1-2H3/t10-,15-/m1/s1. The molecule has 0 saturated heterocycles. The quantitative estimate of drug-likeness (QED) is 0.877. The van der Waals surface area contributed by atoms with Crippen molar-refractivity contribution in [3.63, 3.8) is 0 Å². The zero-order valence-electron chi connectivity index (χ0n) is 12.3. The Hall–Kier alpha value is -1.29. The van der Waals surface area contributed by atoms with Gasteiger partial charge in [-0.1, -0.05) is 29.8 Å². The minimum absolute atomic E-state index is 0.207. The summed E-state index contributed by atoms with van der Waals surface area (Å²) in [5.41, 5.74) is 5.09. The molecule has 0 radical (unpaired) electrons. The second-order valence-electron chi connectivity index (χ2n) is 6.25. The second kappa shape index (κ2) is 4.60. The van der Waals surface area contributed by atoms with Crippen molar-refractivity contribution in [2.45, 2.75) is 12.5 Å². The van der Waals surface area contributed by atoms with Crippen LogP contribution in [0.1, 0.15) is 11.1 Å². The van der Waals surface area contributed by atoms with Gasteiger partial charge in [-0.2, -0.15) is 0 Å². The largest absolute Gasteiger partial charge is 0.396 e. The molecule has 1 aliphatic carbocycles. The molecule has 4 rings (SSSR count). The van der Waals surface area contributed by atoms with E-state index in [2.05, 4.69) is 40.8 Å². The Morgan fingerprint density at radius 2 is 2.14 bits per heavy atom. The Kier molecular flexibility index (Phi) is 2.93. The highest BCUT2D eigenvalue weighted by Crippen LogP contribution is 2.44. The van der Waals surface area contributed by atoms with Crippen molar-refractivity contribution in [2.75, 3.05) is 20.2 Å². The molecule has 21 heavy (non-hydrogen) atoms. The fourth-order valence-corrected chi connectivity index (χ4v) is 4.23. The lowest BCUT2D eigenvalue weighted by atomic mass is 9.80. The molecule has 2 aromatic rings. The van der Waals surface area contributed by atoms with Crippen molar-refractivity contribution in [1.82, 2.24) is 9.47 Å². The van der Waals surface area contributed by atoms with Crippen LogP contribution in [0, 0.1) is 5.92 Å². The van der Waals surface area contributed by atoms with E-state index >= 15 is 0 Å². The first-order valence-corrected chi connectivity index (χ1v) is 7.78. The molecular formula is C17H19ClN2O. The number of hydrogen-bond donors (Lipinski definition) is 1. The van der Waals surface area contributed by atoms with Crippen molar-refractivity contribution in [1.29, 1.82) is 0 Å². The minimum Gasteiger partial charge on any atom is -0.396 e. The van der Waals surface area contributed by atoms with E-state index < -0.39 is 0 Å². The molecule has 0 spiro atoms. The molecule has 0 bridgehead atoms. The zero-order chi connectivity index (χ0) is 14.7. The van der Waals surface area contributed by atoms with Crippen molar-refractivity contribution < 1.29 is 5.11 Å². The molecular weight excluding hydrogens is 284 g/mol. The van der Waals surface area contributed by atoms with Crippen molar-refractivity contribution in [2.24, 2.45) is 13.0 Å². The smallest absolute Gasteiger partial charge is 0.113 e. The average Bonchev–Trinajstić information content (AvgIpc) is 2.75. The van der Waals surface area contributed by atoms with Gasteiger partial charge in [0.2, 0.25) is 0 Å². The number of halogens is 1. The molecule has 0 unspecified atom stereocenters. The lowest BCUT2D eigenvalue weighted by Gasteiger charge is -2.39. The summed E-state index contributed by atoms with van der Waals surface area (Å²) in [4.78, 5) is 2.35. The van der Waals surface area contributed by atoms with Crippen LogP contribution in [-0.4, -0.2) is 40.8 Å². The van der Waals surface area contributed by atoms with Gasteiger partial charge in [0, 0.05) is 36.5 Å². The Bertz CT molecular complexity index is 762. The molecule has 0 saturated carbocycles. The lowest BCUT2D eigenvalue weighted by Crippen LogP contribution is -2.43. The number of hydrogen-bond acceptors (Lipinski definition) is 2. The summed E-state index contributed by atoms with van der Waals surface area (Å²) in [7, 11) is 4.17. The number of benzene rings is 1. The summed E-state index contributed by atoms with van der Waals surface area (Å²) in [5, 5.41) is 11.7. The van der Waals surface area contributed by atoms with Crippen LogP contribution in [0.25, 0.3) is 16.5 Å². The fourth-order valence-electron chi connectivity index (χ4n) is 3.97. The Labute approximate surface area is 129 Å². The normalized spacial score (nSPS) is 25.0. The van der Waals surface area contributed by atoms with Gasteiger partial charge >= 0.3 is 0 Å². The molecule has 1 N–H and O–H groups in total. The van der Waals surface area contributed by atoms with Crippen molar-refractivity contribution in [3.05, 3.63) is 40.6 Å². The molecule has 2 heterocycles. The summed E-state index contributed by atoms with van der Waals surface area (Å²) in [5.74, 6) is 0.220. The third-order valence-electron chi connectivity index (χ3n) is 5.02. The number of aliphatic hydroxyl groups excluding tert-OH is 1. The maximum Gasteiger partial charge on any atom is 0.113 e. The van der Waals surface area contributed by atoms with Gasteiger partial charge in [-0.05, 0) is 36.2 Å². The number of aryl methyl sites for hydroxylation is 1. The van der Waals surface area contributed by atoms with E-state index in [1.165, 1.54) is 27.6 Å². The van der Waals surface area contributed by atoms with E-state index in [1.54, 1.807) is 0 Å². The molecule has 4 heteroatoms. The first-order chi connectivity index (χ1) is 10.1. The average molecular weight is 303 g/mol. The van der Waals surface area contributed by atoms with Crippen LogP contribution in [0.3, 0.4) is 0 Å². The van der Waals surface area contributed by atoms with Crippen molar-refractivity contribution in [3.8, 4) is 0 Å². The highest BCUT2D eigenvalue weighted by Gasteiger charge is 2.35. The molecule has 2 atom stereocenters. The Balaban J connectivity index is 2.02. The minimum atomic E-state index is 0.207. The molecule has 110 valence electrons. The van der Waals surface area contributed by atoms with Gasteiger partial charge in [-0.25, -0.2) is 0 Å². The monoisotopic (exact) mass is 302 g/mol. The second-order valence-corrected chi connectivity index (χ2v) is 6.61. The number of fused-ring (bicyclic) bond motifs is 2. The molecule has 1 aromatic carbocycles. The summed E-state index contributed by atoms with van der Waals surface area (Å²) < 4.78 is 2.08. The molecule has 1 aliphatic heterocycles. The SMILES string of the molecule is CN1C[C@H](CO)C=C2c3cccc4c3c(c(Cl)n4C)C[C@H]21. The van der Waals surface area contributed by atoms with Crippen LogP contribution in [0.2, 0.25) is 5.15 Å². The first-order valence-electron chi connectivity index (χ1n) is 7.40. The molecule has 2 aliphatic rings. The Morgan fingerprint density at radius 3 is 2.90 bits per heavy atom. The third kappa shape index (κ3) is 1.75. The van der Waals surface area contributed by atoms with E-state index in [0.29, 0.717) is 6.04 Å². The van der Waals surface area contributed by atoms with Crippen LogP contribution in [0.4, 0.5) is 0 Å². The van der Waals surface area contributed by atoms with Gasteiger partial charge < -0.3 is 9.67 Å². The van der Waals surface area contributed by atoms with E-state index in [1.807, 2.05) is 7.05 Å². The van der Waals surface area contributed by atoms with Crippen LogP contribution >= 0.6 is 11.6 Å². The summed E-state index contributed by atoms with van der Waals surface area (Å²) in [6.45, 7) is 1.11. The molecule has 0 amide bonds. The molecule has 0 fully saturated rings. The van der Waals surface area contributed by atoms with Gasteiger partial charge in [0.05, 0.1) is 6.61 Å². The fraction of sp³-hybridized carbons (Fsp3) is 0.412. The van der Waals surface area contributed by atoms with Crippen LogP contribution in [0.15, 0.2) is 24.3 Å². The zero-order valence-corrected chi connectivity index (χ0v) is 13.1. The molecule has 3 nitrogen and oxygen atoms in total. The third-order valence-corrected chi connectivity index (χ3v) is 5.50. The van der Waals surface area contributed by atoms with Gasteiger partial charge in [0.15, 0.2) is 0 Å². The number of nitrogens with zero attached hydrogens (tertiary/aromatic N) is 2. The molecule has 1 aromatic heterocycles. The number of rotatable bonds is 1. The van der Waals surface area contributed by atoms with Gasteiger partial charge in [0.25, 0.3) is 0 Å². The number of aliphatic hydroxyl groups is 1. The Morgan fingerprint density at radius 1 is 1.33 bits per heavy atom. The number of likely N-dealkylation sites (N-methyl/N-ethyl adjacent to an activating group) is 1. The van der Waals surface area contributed by atoms with E-state index in [9.17, 15) is 5.11 Å². The van der Waals surface area contributed by atoms with Gasteiger partial charge in [-0.15, -0.1) is 0 Å². The van der Waals surface area contributed by atoms with E-state index in [-0.39, 0.29) is 12.5 Å². The summed E-state index contributed by atoms with van der Waals surface area (Å²) in [6, 6.07) is 6.79. The van der Waals surface area contributed by atoms with Crippen molar-refractivity contribution >= 4 is 28.1 Å². The predicted molar refractivity (Wildman–Crippen MR) is 86.6 cm³/mol. The number of aromatic nitrogens is 1. The van der Waals surface area contributed by atoms with Crippen LogP contribution < -0.4 is 0 Å². The van der Waals surface area contributed by atoms with Crippen LogP contribution in [-0.2, 0) is 13.5 Å². The highest BCUT2D eigenvalue weighted by molar-refractivity contribution is 6.32. The van der Waals surface area contributed by atoms with Crippen LogP contribution in [0.5, 0.6) is 0 Å². The maximum atomic E-state index is 9.54. The lowest BCUT2D eigenvalue weighted by molar-refractivity contribution is 0.181. The van der Waals surface area contributed by atoms with E-state index in [4.69, 9.17) is 11.6 Å².